The molecule has 0 atom stereocenters. The number of hydrogen-bond donors (Lipinski definition) is 1. The molecule has 0 unspecified atom stereocenters. The molecule has 15 aromatic carbocycles. The van der Waals surface area contributed by atoms with E-state index in [1.165, 1.54) is 92.5 Å². The van der Waals surface area contributed by atoms with Crippen LogP contribution in [-0.2, 0) is 50.0 Å². The third-order valence-corrected chi connectivity index (χ3v) is 29.2. The standard InChI is InChI=1S/4C18H15P.C10H11F3O3S.C10H9NO2.C10H11N.2CN.CH4.ClH.Pd.Zn/c4*1-4-10-16(11-5-1)19(17-12-6-2-7-13-17)18-14-8-3-9-15-18;1-6-4-9(5-7(2)8(6)3)16-17(14,15)10(11,12)13;1-6-3-8(5-11)4-7(2)9(6)10(12)13;1-7-4-10(6-11)5-8(2)9(7)3;2*1-2;;;;/h4*1-15H;4-5H,1-3H3;3-4H,1-2H3,(H,12,13);4-5H,1-3H3;;;1H4;1H;;/q;;;;;;;2*-1;;;;+2. The van der Waals surface area contributed by atoms with Gasteiger partial charge in [-0.1, -0.05) is 371 Å². The topological polar surface area (TPSA) is 176 Å². The van der Waals surface area contributed by atoms with Crippen LogP contribution in [-0.4, -0.2) is 25.0 Å². The van der Waals surface area contributed by atoms with E-state index < -0.39 is 53.3 Å². The van der Waals surface area contributed by atoms with Crippen LogP contribution in [0.5, 0.6) is 5.75 Å². The van der Waals surface area contributed by atoms with Crippen molar-refractivity contribution in [3.63, 3.8) is 0 Å². The smallest absolute Gasteiger partial charge is 0.512 e. The van der Waals surface area contributed by atoms with Gasteiger partial charge in [-0.3, -0.25) is 0 Å². The summed E-state index contributed by atoms with van der Waals surface area (Å²) in [7, 11) is -7.38. The van der Waals surface area contributed by atoms with Crippen molar-refractivity contribution >= 4 is 124 Å². The number of carbonyl (C=O) groups is 1. The van der Waals surface area contributed by atoms with Crippen molar-refractivity contribution in [3.8, 4) is 17.9 Å². The van der Waals surface area contributed by atoms with E-state index in [2.05, 4.69) is 381 Å². The van der Waals surface area contributed by atoms with Crippen molar-refractivity contribution in [1.82, 2.24) is 0 Å². The van der Waals surface area contributed by atoms with Gasteiger partial charge < -0.3 is 33.0 Å². The summed E-state index contributed by atoms with van der Waals surface area (Å²) in [5.41, 5.74) is 3.26. The quantitative estimate of drug-likeness (QED) is 0.0344. The molecule has 0 heterocycles. The molecule has 0 amide bonds. The molecule has 15 aromatic rings. The maximum Gasteiger partial charge on any atom is 2.00 e. The minimum Gasteiger partial charge on any atom is -0.512 e. The number of rotatable bonds is 15. The van der Waals surface area contributed by atoms with Gasteiger partial charge in [-0.2, -0.15) is 32.1 Å². The van der Waals surface area contributed by atoms with E-state index in [-0.39, 0.29) is 65.5 Å². The Balaban J connectivity index is 0.000000374. The number of nitriles is 2. The summed E-state index contributed by atoms with van der Waals surface area (Å²) < 4.78 is 61.9. The summed E-state index contributed by atoms with van der Waals surface area (Å²) >= 11 is 0. The van der Waals surface area contributed by atoms with Crippen molar-refractivity contribution in [2.75, 3.05) is 0 Å². The zero-order chi connectivity index (χ0) is 87.5. The van der Waals surface area contributed by atoms with E-state index in [0.29, 0.717) is 33.4 Å². The molecule has 0 bridgehead atoms. The van der Waals surface area contributed by atoms with Gasteiger partial charge in [0.15, 0.2) is 0 Å². The molecular formula is C105H96ClF3N4O5P4PdSZn. The molecule has 0 aliphatic rings. The molecule has 0 spiro atoms. The summed E-state index contributed by atoms with van der Waals surface area (Å²) in [6.45, 7) is 24.1. The first-order valence-corrected chi connectivity index (χ1v) is 44.9. The van der Waals surface area contributed by atoms with Crippen LogP contribution in [0.25, 0.3) is 0 Å². The van der Waals surface area contributed by atoms with Crippen molar-refractivity contribution in [3.05, 3.63) is 475 Å². The SMILES string of the molecule is C.Cc1cc(C#N)cc(C)c1C.Cc1cc(C#N)cc(C)c1C(=O)O.Cc1cc(OS(=O)(=O)C(F)(F)F)cc(C)c1C.Cl.[C-]#N.[C-]#N.[Pd].[Zn+2].c1ccc(P(c2ccccc2)c2ccccc2)cc1.c1ccc(P(c2ccccc2)c2ccccc2)cc1.c1ccc(P(c2ccccc2)c2ccccc2)cc1.c1ccc(P(c2ccccc2)c2ccccc2)cc1. The minimum absolute atomic E-state index is 0. The normalized spacial score (nSPS) is 9.96. The van der Waals surface area contributed by atoms with Gasteiger partial charge in [0, 0.05) is 20.4 Å². The van der Waals surface area contributed by atoms with Crippen molar-refractivity contribution in [2.24, 2.45) is 0 Å². The Morgan fingerprint density at radius 3 is 0.600 bits per heavy atom. The first-order valence-electron chi connectivity index (χ1n) is 38.1. The van der Waals surface area contributed by atoms with Crippen LogP contribution in [0.2, 0.25) is 0 Å². The van der Waals surface area contributed by atoms with Crippen molar-refractivity contribution in [1.29, 1.82) is 21.0 Å². The Hall–Kier alpha value is -11.4. The molecule has 632 valence electrons. The summed E-state index contributed by atoms with van der Waals surface area (Å²) in [6.07, 6.45) is 0. The van der Waals surface area contributed by atoms with Gasteiger partial charge in [0.1, 0.15) is 5.75 Å². The Morgan fingerprint density at radius 2 is 0.464 bits per heavy atom. The van der Waals surface area contributed by atoms with Crippen LogP contribution in [0.3, 0.4) is 0 Å². The van der Waals surface area contributed by atoms with E-state index in [1.807, 2.05) is 32.0 Å². The third-order valence-electron chi connectivity index (χ3n) is 18.5. The second-order valence-corrected chi connectivity index (χ2v) is 37.2. The molecule has 0 saturated heterocycles. The first-order chi connectivity index (χ1) is 58.5. The zero-order valence-electron chi connectivity index (χ0n) is 69.7. The van der Waals surface area contributed by atoms with E-state index in [1.54, 1.807) is 46.8 Å². The van der Waals surface area contributed by atoms with E-state index >= 15 is 0 Å². The monoisotopic (exact) mass is 1910 g/mol. The minimum atomic E-state index is -5.60. The van der Waals surface area contributed by atoms with Crippen LogP contribution in [0.4, 0.5) is 13.2 Å². The van der Waals surface area contributed by atoms with E-state index in [0.717, 1.165) is 11.1 Å². The number of benzene rings is 15. The Morgan fingerprint density at radius 1 is 0.320 bits per heavy atom. The van der Waals surface area contributed by atoms with Gasteiger partial charge in [0.2, 0.25) is 0 Å². The third kappa shape index (κ3) is 33.5. The maximum absolute atomic E-state index is 12.1. The zero-order valence-corrected chi connectivity index (χ0v) is 79.5. The molecule has 15 rings (SSSR count). The number of aryl methyl sites for hydroxylation is 6. The summed E-state index contributed by atoms with van der Waals surface area (Å²) in [4.78, 5) is 10.8. The summed E-state index contributed by atoms with van der Waals surface area (Å²) in [5, 5.41) is 55.3. The molecule has 0 aliphatic heterocycles. The molecule has 0 fully saturated rings. The van der Waals surface area contributed by atoms with E-state index in [4.69, 9.17) is 39.3 Å². The maximum atomic E-state index is 12.1. The number of carboxylic acid groups (broad SMARTS) is 1. The molecule has 0 radical (unpaired) electrons. The van der Waals surface area contributed by atoms with Gasteiger partial charge in [-0.05, 0) is 232 Å². The molecule has 0 aliphatic carbocycles. The second-order valence-electron chi connectivity index (χ2n) is 26.8. The van der Waals surface area contributed by atoms with Crippen molar-refractivity contribution in [2.45, 2.75) is 68.3 Å². The first kappa shape index (κ1) is 108. The summed E-state index contributed by atoms with van der Waals surface area (Å²) in [6, 6.07) is 143. The van der Waals surface area contributed by atoms with Gasteiger partial charge in [-0.25, -0.2) is 4.79 Å². The molecule has 20 heteroatoms. The predicted molar refractivity (Wildman–Crippen MR) is 514 cm³/mol. The van der Waals surface area contributed by atoms with Crippen molar-refractivity contribution < 1.29 is 75.6 Å². The van der Waals surface area contributed by atoms with Gasteiger partial charge in [0.25, 0.3) is 0 Å². The average Bonchev–Trinajstić information content (AvgIpc) is 0.826. The average molecular weight is 1910 g/mol. The summed E-state index contributed by atoms with van der Waals surface area (Å²) in [5.74, 6) is -1.28. The number of hydrogen-bond acceptors (Lipinski definition) is 8. The predicted octanol–water partition coefficient (Wildman–Crippen LogP) is 22.2. The van der Waals surface area contributed by atoms with Gasteiger partial charge in [-0.15, -0.1) is 12.4 Å². The largest absolute Gasteiger partial charge is 2.00 e. The van der Waals surface area contributed by atoms with Crippen LogP contribution in [0.1, 0.15) is 73.4 Å². The van der Waals surface area contributed by atoms with E-state index in [9.17, 15) is 26.4 Å². The fourth-order valence-electron chi connectivity index (χ4n) is 12.4. The van der Waals surface area contributed by atoms with Crippen LogP contribution < -0.4 is 67.8 Å². The van der Waals surface area contributed by atoms with Crippen LogP contribution in [0.15, 0.2) is 400 Å². The number of aromatic carboxylic acids is 1. The molecular weight excluding hydrogens is 1820 g/mol. The van der Waals surface area contributed by atoms with Gasteiger partial charge >= 0.3 is 41.1 Å². The Labute approximate surface area is 775 Å². The Kier molecular flexibility index (Phi) is 49.3. The molecule has 9 nitrogen and oxygen atoms in total. The number of halogens is 4. The fourth-order valence-corrected chi connectivity index (χ4v) is 22.1. The molecule has 0 aromatic heterocycles. The molecule has 125 heavy (non-hydrogen) atoms. The molecule has 0 saturated carbocycles. The second kappa shape index (κ2) is 57.2. The number of carboxylic acids is 1. The molecule has 1 N–H and O–H groups in total. The number of alkyl halides is 3. The van der Waals surface area contributed by atoms with Gasteiger partial charge in [0.05, 0.1) is 28.8 Å². The van der Waals surface area contributed by atoms with Crippen LogP contribution in [0, 0.1) is 102 Å². The number of nitrogens with zero attached hydrogens (tertiary/aromatic N) is 4. The van der Waals surface area contributed by atoms with Crippen LogP contribution >= 0.6 is 44.1 Å². The Bertz CT molecular complexity index is 4980. The fraction of sp³-hybridized carbons (Fsp3) is 0.0952.